The van der Waals surface area contributed by atoms with Crippen LogP contribution < -0.4 is 4.74 Å². The molecular formula is C27H23FN8O. The quantitative estimate of drug-likeness (QED) is 0.331. The molecule has 5 aromatic heterocycles. The first-order valence-corrected chi connectivity index (χ1v) is 11.7. The van der Waals surface area contributed by atoms with Gasteiger partial charge in [-0.3, -0.25) is 15.1 Å². The predicted molar refractivity (Wildman–Crippen MR) is 139 cm³/mol. The van der Waals surface area contributed by atoms with Gasteiger partial charge in [-0.25, -0.2) is 14.4 Å². The average molecular weight is 495 g/mol. The fourth-order valence-electron chi connectivity index (χ4n) is 4.09. The molecule has 0 saturated heterocycles. The number of likely N-dealkylation sites (N-methyl/N-ethyl adjacent to an activating group) is 1. The second-order valence-electron chi connectivity index (χ2n) is 8.90. The minimum atomic E-state index is -0.294. The van der Waals surface area contributed by atoms with Crippen molar-refractivity contribution in [3.8, 4) is 39.7 Å². The second-order valence-corrected chi connectivity index (χ2v) is 8.90. The van der Waals surface area contributed by atoms with Crippen molar-refractivity contribution in [3.63, 3.8) is 0 Å². The molecule has 0 unspecified atom stereocenters. The van der Waals surface area contributed by atoms with E-state index in [1.807, 2.05) is 32.3 Å². The van der Waals surface area contributed by atoms with Crippen molar-refractivity contribution in [1.82, 2.24) is 40.0 Å². The fraction of sp³-hybridized carbons (Fsp3) is 0.148. The van der Waals surface area contributed by atoms with Crippen molar-refractivity contribution in [2.45, 2.75) is 0 Å². The molecule has 37 heavy (non-hydrogen) atoms. The zero-order valence-electron chi connectivity index (χ0n) is 20.2. The molecule has 184 valence electrons. The molecule has 0 aliphatic carbocycles. The number of hydrogen-bond donors (Lipinski definition) is 2. The van der Waals surface area contributed by atoms with E-state index in [2.05, 4.69) is 30.0 Å². The average Bonchev–Trinajstić information content (AvgIpc) is 3.53. The van der Waals surface area contributed by atoms with Gasteiger partial charge < -0.3 is 14.6 Å². The first-order valence-electron chi connectivity index (χ1n) is 11.7. The monoisotopic (exact) mass is 494 g/mol. The van der Waals surface area contributed by atoms with E-state index in [-0.39, 0.29) is 5.82 Å². The number of halogens is 1. The first kappa shape index (κ1) is 22.7. The summed E-state index contributed by atoms with van der Waals surface area (Å²) < 4.78 is 19.3. The first-order chi connectivity index (χ1) is 18.0. The van der Waals surface area contributed by atoms with E-state index in [1.54, 1.807) is 36.9 Å². The zero-order chi connectivity index (χ0) is 25.4. The lowest BCUT2D eigenvalue weighted by atomic mass is 10.1. The Balaban J connectivity index is 1.37. The van der Waals surface area contributed by atoms with Crippen LogP contribution in [0.25, 0.3) is 56.0 Å². The van der Waals surface area contributed by atoms with Crippen molar-refractivity contribution in [2.24, 2.45) is 0 Å². The van der Waals surface area contributed by atoms with E-state index in [9.17, 15) is 4.39 Å². The molecule has 0 atom stereocenters. The summed E-state index contributed by atoms with van der Waals surface area (Å²) in [6, 6.07) is 12.0. The Labute approximate surface area is 211 Å². The zero-order valence-corrected chi connectivity index (χ0v) is 20.2. The summed E-state index contributed by atoms with van der Waals surface area (Å²) >= 11 is 0. The van der Waals surface area contributed by atoms with Gasteiger partial charge in [-0.1, -0.05) is 12.1 Å². The summed E-state index contributed by atoms with van der Waals surface area (Å²) in [5.41, 5.74) is 6.70. The smallest absolute Gasteiger partial charge is 0.161 e. The number of rotatable bonds is 7. The summed E-state index contributed by atoms with van der Waals surface area (Å²) in [6.45, 7) is 1.38. The van der Waals surface area contributed by atoms with Gasteiger partial charge in [0.25, 0.3) is 0 Å². The van der Waals surface area contributed by atoms with Gasteiger partial charge in [0, 0.05) is 30.1 Å². The third kappa shape index (κ3) is 4.50. The number of ether oxygens (including phenoxy) is 1. The lowest BCUT2D eigenvalue weighted by Gasteiger charge is -2.11. The van der Waals surface area contributed by atoms with Crippen LogP contribution in [0.15, 0.2) is 67.3 Å². The van der Waals surface area contributed by atoms with Crippen LogP contribution >= 0.6 is 0 Å². The predicted octanol–water partition coefficient (Wildman–Crippen LogP) is 4.70. The third-order valence-corrected chi connectivity index (χ3v) is 6.00. The number of aromatic amines is 2. The van der Waals surface area contributed by atoms with Crippen LogP contribution in [0.3, 0.4) is 0 Å². The van der Waals surface area contributed by atoms with E-state index in [0.29, 0.717) is 29.4 Å². The molecule has 6 aromatic rings. The van der Waals surface area contributed by atoms with Gasteiger partial charge in [0.1, 0.15) is 23.7 Å². The normalized spacial score (nSPS) is 11.6. The minimum Gasteiger partial charge on any atom is -0.491 e. The number of fused-ring (bicyclic) bond motifs is 2. The SMILES string of the molecule is CN(C)CCOc1cncc(-c2ccc3[nH]nc(-c4nc5c(-c6ccc(F)cc6)cncc5[nH]4)c3n2)c1. The highest BCUT2D eigenvalue weighted by molar-refractivity contribution is 5.95. The van der Waals surface area contributed by atoms with Crippen LogP contribution in [0.1, 0.15) is 0 Å². The topological polar surface area (TPSA) is 109 Å². The highest BCUT2D eigenvalue weighted by atomic mass is 19.1. The molecule has 0 aliphatic rings. The molecule has 9 nitrogen and oxygen atoms in total. The Hall–Kier alpha value is -4.70. The van der Waals surface area contributed by atoms with Crippen LogP contribution in [-0.2, 0) is 0 Å². The molecule has 0 radical (unpaired) electrons. The lowest BCUT2D eigenvalue weighted by Crippen LogP contribution is -2.19. The Kier molecular flexibility index (Phi) is 5.78. The van der Waals surface area contributed by atoms with Crippen LogP contribution in [0.2, 0.25) is 0 Å². The molecule has 10 heteroatoms. The summed E-state index contributed by atoms with van der Waals surface area (Å²) in [7, 11) is 4.00. The van der Waals surface area contributed by atoms with Crippen LogP contribution in [0.4, 0.5) is 4.39 Å². The fourth-order valence-corrected chi connectivity index (χ4v) is 4.09. The highest BCUT2D eigenvalue weighted by Crippen LogP contribution is 2.31. The number of nitrogens with one attached hydrogen (secondary N) is 2. The molecule has 0 aliphatic heterocycles. The number of H-pyrrole nitrogens is 2. The molecule has 1 aromatic carbocycles. The summed E-state index contributed by atoms with van der Waals surface area (Å²) in [5, 5.41) is 7.53. The molecule has 2 N–H and O–H groups in total. The molecule has 0 spiro atoms. The van der Waals surface area contributed by atoms with E-state index in [0.717, 1.165) is 45.5 Å². The number of benzene rings is 1. The molecule has 0 bridgehead atoms. The Morgan fingerprint density at radius 3 is 2.54 bits per heavy atom. The van der Waals surface area contributed by atoms with Crippen LogP contribution in [0.5, 0.6) is 5.75 Å². The standard InChI is InChI=1S/C27H23FN8O/c1-36(2)9-10-37-19-11-17(12-29-13-19)21-7-8-22-25(31-21)26(35-34-22)27-32-23-15-30-14-20(24(23)33-27)16-3-5-18(28)6-4-16/h3-8,11-15H,9-10H2,1-2H3,(H,32,33)(H,34,35). The number of pyridine rings is 3. The van der Waals surface area contributed by atoms with Crippen LogP contribution in [0, 0.1) is 5.82 Å². The van der Waals surface area contributed by atoms with Crippen molar-refractivity contribution in [1.29, 1.82) is 0 Å². The van der Waals surface area contributed by atoms with Gasteiger partial charge in [0.2, 0.25) is 0 Å². The maximum absolute atomic E-state index is 13.4. The largest absolute Gasteiger partial charge is 0.491 e. The summed E-state index contributed by atoms with van der Waals surface area (Å²) in [5.74, 6) is 0.949. The number of imidazole rings is 1. The summed E-state index contributed by atoms with van der Waals surface area (Å²) in [4.78, 5) is 23.7. The van der Waals surface area contributed by atoms with E-state index in [4.69, 9.17) is 14.7 Å². The Morgan fingerprint density at radius 2 is 1.70 bits per heavy atom. The molecule has 0 amide bonds. The van der Waals surface area contributed by atoms with Crippen molar-refractivity contribution in [2.75, 3.05) is 27.2 Å². The van der Waals surface area contributed by atoms with Gasteiger partial charge in [-0.15, -0.1) is 0 Å². The highest BCUT2D eigenvalue weighted by Gasteiger charge is 2.17. The molecular weight excluding hydrogens is 471 g/mol. The van der Waals surface area contributed by atoms with Gasteiger partial charge >= 0.3 is 0 Å². The van der Waals surface area contributed by atoms with Gasteiger partial charge in [0.15, 0.2) is 11.5 Å². The number of hydrogen-bond acceptors (Lipinski definition) is 7. The van der Waals surface area contributed by atoms with Crippen molar-refractivity contribution < 1.29 is 9.13 Å². The third-order valence-electron chi connectivity index (χ3n) is 6.00. The minimum absolute atomic E-state index is 0.294. The van der Waals surface area contributed by atoms with Gasteiger partial charge in [0.05, 0.1) is 34.6 Å². The second kappa shape index (κ2) is 9.40. The van der Waals surface area contributed by atoms with Gasteiger partial charge in [-0.05, 0) is 50.0 Å². The maximum Gasteiger partial charge on any atom is 0.161 e. The van der Waals surface area contributed by atoms with Crippen molar-refractivity contribution in [3.05, 3.63) is 73.1 Å². The molecule has 5 heterocycles. The van der Waals surface area contributed by atoms with Crippen molar-refractivity contribution >= 4 is 22.1 Å². The molecule has 0 saturated carbocycles. The molecule has 6 rings (SSSR count). The van der Waals surface area contributed by atoms with Gasteiger partial charge in [-0.2, -0.15) is 5.10 Å². The van der Waals surface area contributed by atoms with E-state index in [1.165, 1.54) is 12.1 Å². The lowest BCUT2D eigenvalue weighted by molar-refractivity contribution is 0.261. The van der Waals surface area contributed by atoms with E-state index >= 15 is 0 Å². The Bertz CT molecular complexity index is 1710. The number of aromatic nitrogens is 7. The summed E-state index contributed by atoms with van der Waals surface area (Å²) in [6.07, 6.45) is 6.89. The van der Waals surface area contributed by atoms with E-state index < -0.39 is 0 Å². The Morgan fingerprint density at radius 1 is 0.865 bits per heavy atom. The molecule has 0 fully saturated rings. The van der Waals surface area contributed by atoms with Crippen LogP contribution in [-0.4, -0.2) is 67.3 Å². The number of nitrogens with zero attached hydrogens (tertiary/aromatic N) is 6. The maximum atomic E-state index is 13.4.